The molecule has 1 radical (unpaired) electrons. The van der Waals surface area contributed by atoms with Crippen molar-refractivity contribution in [1.82, 2.24) is 15.9 Å². The van der Waals surface area contributed by atoms with Crippen molar-refractivity contribution in [2.75, 3.05) is 0 Å². The molecule has 0 aliphatic carbocycles. The lowest BCUT2D eigenvalue weighted by Gasteiger charge is -2.06. The summed E-state index contributed by atoms with van der Waals surface area (Å²) in [6.45, 7) is 1.87. The van der Waals surface area contributed by atoms with Crippen LogP contribution in [0.1, 0.15) is 5.56 Å². The van der Waals surface area contributed by atoms with Gasteiger partial charge in [0.05, 0.1) is 18.1 Å². The fraction of sp³-hybridized carbons (Fsp3) is 0.0909. The lowest BCUT2D eigenvalue weighted by molar-refractivity contribution is 0.478. The molecule has 1 heterocycles. The molecule has 0 aliphatic rings. The van der Waals surface area contributed by atoms with Crippen molar-refractivity contribution in [3.63, 3.8) is 0 Å². The van der Waals surface area contributed by atoms with Crippen LogP contribution in [0.2, 0.25) is 0 Å². The average molecular weight is 200 g/mol. The summed E-state index contributed by atoms with van der Waals surface area (Å²) in [6.07, 6.45) is 3.12. The zero-order chi connectivity index (χ0) is 10.7. The Morgan fingerprint density at radius 3 is 2.67 bits per heavy atom. The molecule has 0 saturated heterocycles. The molecule has 2 rings (SSSR count). The van der Waals surface area contributed by atoms with E-state index in [9.17, 15) is 0 Å². The molecular weight excluding hydrogens is 190 g/mol. The van der Waals surface area contributed by atoms with Crippen molar-refractivity contribution < 1.29 is 4.74 Å². The normalized spacial score (nSPS) is 9.93. The van der Waals surface area contributed by atoms with Crippen molar-refractivity contribution in [3.8, 4) is 11.5 Å². The van der Waals surface area contributed by atoms with Crippen LogP contribution < -0.4 is 10.5 Å². The minimum atomic E-state index is 0.509. The summed E-state index contributed by atoms with van der Waals surface area (Å²) < 4.78 is 5.53. The number of aromatic nitrogens is 2. The molecule has 4 nitrogen and oxygen atoms in total. The summed E-state index contributed by atoms with van der Waals surface area (Å²) in [5.41, 5.74) is 8.91. The first-order valence-electron chi connectivity index (χ1n) is 4.52. The number of nitrogens with zero attached hydrogens (tertiary/aromatic N) is 2. The van der Waals surface area contributed by atoms with E-state index in [4.69, 9.17) is 10.5 Å². The first kappa shape index (κ1) is 9.45. The molecular formula is C11H10N3O. The Kier molecular flexibility index (Phi) is 2.49. The van der Waals surface area contributed by atoms with Crippen LogP contribution in [0.4, 0.5) is 5.69 Å². The first-order chi connectivity index (χ1) is 7.25. The maximum Gasteiger partial charge on any atom is 0.149 e. The molecule has 0 spiro atoms. The highest BCUT2D eigenvalue weighted by Gasteiger charge is 1.99. The summed E-state index contributed by atoms with van der Waals surface area (Å²) in [5, 5.41) is 7.37. The Morgan fingerprint density at radius 2 is 2.00 bits per heavy atom. The van der Waals surface area contributed by atoms with Crippen molar-refractivity contribution >= 4 is 5.69 Å². The monoisotopic (exact) mass is 200 g/mol. The molecule has 75 valence electrons. The summed E-state index contributed by atoms with van der Waals surface area (Å²) in [6, 6.07) is 7.02. The van der Waals surface area contributed by atoms with Crippen LogP contribution in [0.25, 0.3) is 0 Å². The summed E-state index contributed by atoms with van der Waals surface area (Å²) in [7, 11) is 0. The number of aryl methyl sites for hydroxylation is 1. The predicted molar refractivity (Wildman–Crippen MR) is 56.0 cm³/mol. The van der Waals surface area contributed by atoms with E-state index >= 15 is 0 Å². The number of ether oxygens (including phenoxy) is 1. The highest BCUT2D eigenvalue weighted by molar-refractivity contribution is 5.47. The second-order valence-electron chi connectivity index (χ2n) is 3.16. The molecule has 0 fully saturated rings. The van der Waals surface area contributed by atoms with Crippen LogP contribution >= 0.6 is 0 Å². The number of hydrogen-bond acceptors (Lipinski definition) is 3. The number of hydrogen-bond donors (Lipinski definition) is 0. The molecule has 0 aliphatic heterocycles. The molecule has 4 heteroatoms. The molecule has 1 N–H and O–H groups in total. The van der Waals surface area contributed by atoms with Gasteiger partial charge in [-0.05, 0) is 30.7 Å². The van der Waals surface area contributed by atoms with Gasteiger partial charge in [-0.1, -0.05) is 0 Å². The Labute approximate surface area is 87.7 Å². The number of nitrogens with one attached hydrogen (secondary N) is 1. The Balaban J connectivity index is 2.22. The highest BCUT2D eigenvalue weighted by Crippen LogP contribution is 2.24. The molecule has 0 amide bonds. The minimum Gasteiger partial charge on any atom is -0.456 e. The van der Waals surface area contributed by atoms with Crippen molar-refractivity contribution in [2.24, 2.45) is 0 Å². The fourth-order valence-electron chi connectivity index (χ4n) is 1.17. The molecule has 0 atom stereocenters. The quantitative estimate of drug-likeness (QED) is 0.748. The highest BCUT2D eigenvalue weighted by atomic mass is 16.5. The maximum absolute atomic E-state index is 7.52. The molecule has 15 heavy (non-hydrogen) atoms. The zero-order valence-electron chi connectivity index (χ0n) is 8.27. The smallest absolute Gasteiger partial charge is 0.149 e. The van der Waals surface area contributed by atoms with Crippen molar-refractivity contribution in [1.29, 1.82) is 0 Å². The van der Waals surface area contributed by atoms with Gasteiger partial charge in [0.1, 0.15) is 11.5 Å². The van der Waals surface area contributed by atoms with Crippen LogP contribution in [0, 0.1) is 6.92 Å². The zero-order valence-corrected chi connectivity index (χ0v) is 8.27. The molecule has 1 aromatic heterocycles. The Hall–Kier alpha value is -2.10. The second-order valence-corrected chi connectivity index (χ2v) is 3.16. The van der Waals surface area contributed by atoms with E-state index < -0.39 is 0 Å². The lowest BCUT2D eigenvalue weighted by Crippen LogP contribution is -1.87. The molecule has 0 saturated carbocycles. The van der Waals surface area contributed by atoms with Gasteiger partial charge in [-0.2, -0.15) is 10.2 Å². The predicted octanol–water partition coefficient (Wildman–Crippen LogP) is 2.49. The van der Waals surface area contributed by atoms with Crippen molar-refractivity contribution in [2.45, 2.75) is 6.92 Å². The van der Waals surface area contributed by atoms with E-state index in [2.05, 4.69) is 10.2 Å². The van der Waals surface area contributed by atoms with E-state index in [0.717, 1.165) is 5.56 Å². The number of benzene rings is 1. The molecule has 1 aromatic carbocycles. The van der Waals surface area contributed by atoms with Gasteiger partial charge in [0.25, 0.3) is 0 Å². The van der Waals surface area contributed by atoms with Crippen LogP contribution in [-0.4, -0.2) is 10.2 Å². The Bertz CT molecular complexity index is 457. The van der Waals surface area contributed by atoms with Gasteiger partial charge in [-0.15, -0.1) is 0 Å². The van der Waals surface area contributed by atoms with Gasteiger partial charge in [-0.25, -0.2) is 0 Å². The molecule has 0 bridgehead atoms. The van der Waals surface area contributed by atoms with Crippen LogP contribution in [0.15, 0.2) is 36.7 Å². The third-order valence-corrected chi connectivity index (χ3v) is 1.99. The molecule has 2 aromatic rings. The third kappa shape index (κ3) is 2.22. The van der Waals surface area contributed by atoms with E-state index in [1.165, 1.54) is 0 Å². The standard InChI is InChI=1S/C11H10N3O/c1-8-6-9(2-3-11(8)12)15-10-4-5-13-14-7-10/h2-7,12H,1H3. The van der Waals surface area contributed by atoms with Crippen LogP contribution in [-0.2, 0) is 0 Å². The summed E-state index contributed by atoms with van der Waals surface area (Å²) >= 11 is 0. The van der Waals surface area contributed by atoms with E-state index in [1.807, 2.05) is 13.0 Å². The van der Waals surface area contributed by atoms with Gasteiger partial charge >= 0.3 is 0 Å². The van der Waals surface area contributed by atoms with Gasteiger partial charge in [-0.3, -0.25) is 0 Å². The van der Waals surface area contributed by atoms with E-state index in [1.54, 1.807) is 30.6 Å². The third-order valence-electron chi connectivity index (χ3n) is 1.99. The van der Waals surface area contributed by atoms with Gasteiger partial charge in [0.15, 0.2) is 0 Å². The summed E-state index contributed by atoms with van der Waals surface area (Å²) in [4.78, 5) is 0. The van der Waals surface area contributed by atoms with E-state index in [-0.39, 0.29) is 0 Å². The van der Waals surface area contributed by atoms with Crippen molar-refractivity contribution in [3.05, 3.63) is 42.2 Å². The maximum atomic E-state index is 7.52. The van der Waals surface area contributed by atoms with Gasteiger partial charge in [0, 0.05) is 6.07 Å². The van der Waals surface area contributed by atoms with Gasteiger partial charge in [0.2, 0.25) is 0 Å². The Morgan fingerprint density at radius 1 is 1.13 bits per heavy atom. The average Bonchev–Trinajstić information content (AvgIpc) is 2.25. The molecule has 0 unspecified atom stereocenters. The van der Waals surface area contributed by atoms with Crippen LogP contribution in [0.5, 0.6) is 11.5 Å². The number of rotatable bonds is 2. The first-order valence-corrected chi connectivity index (χ1v) is 4.52. The largest absolute Gasteiger partial charge is 0.456 e. The minimum absolute atomic E-state index is 0.509. The summed E-state index contributed by atoms with van der Waals surface area (Å²) in [5.74, 6) is 1.35. The lowest BCUT2D eigenvalue weighted by atomic mass is 10.2. The van der Waals surface area contributed by atoms with E-state index in [0.29, 0.717) is 17.2 Å². The fourth-order valence-corrected chi connectivity index (χ4v) is 1.17. The topological polar surface area (TPSA) is 58.8 Å². The SMILES string of the molecule is Cc1cc(Oc2ccnnc2)ccc1[NH]. The second kappa shape index (κ2) is 3.96. The van der Waals surface area contributed by atoms with Gasteiger partial charge < -0.3 is 10.5 Å². The van der Waals surface area contributed by atoms with Crippen LogP contribution in [0.3, 0.4) is 0 Å².